The van der Waals surface area contributed by atoms with E-state index in [2.05, 4.69) is 16.0 Å². The Labute approximate surface area is 612 Å². The van der Waals surface area contributed by atoms with Gasteiger partial charge in [0.1, 0.15) is 213 Å². The lowest BCUT2D eigenvalue weighted by Crippen LogP contribution is -2.71. The van der Waals surface area contributed by atoms with Crippen molar-refractivity contribution >= 4 is 17.7 Å². The van der Waals surface area contributed by atoms with Gasteiger partial charge in [-0.15, -0.1) is 0 Å². The predicted octanol–water partition coefficient (Wildman–Crippen LogP) is -19.5. The molecule has 8 aliphatic heterocycles. The van der Waals surface area contributed by atoms with Crippen molar-refractivity contribution in [3.05, 3.63) is 0 Å². The summed E-state index contributed by atoms with van der Waals surface area (Å²) in [4.78, 5) is 39.0. The van der Waals surface area contributed by atoms with Crippen LogP contribution in [-0.2, 0) is 90.2 Å². The lowest BCUT2D eigenvalue weighted by molar-refractivity contribution is -0.390. The fourth-order valence-electron chi connectivity index (χ4n) is 13.6. The van der Waals surface area contributed by atoms with E-state index in [1.807, 2.05) is 0 Å². The monoisotopic (exact) mass is 1590 g/mol. The Hall–Kier alpha value is -3.27. The summed E-state index contributed by atoms with van der Waals surface area (Å²) in [5, 5.41) is 291. The summed E-state index contributed by atoms with van der Waals surface area (Å²) < 4.78 is 94.4. The number of aliphatic hydroxyl groups is 26. The van der Waals surface area contributed by atoms with Crippen LogP contribution in [0.25, 0.3) is 0 Å². The first-order chi connectivity index (χ1) is 51.0. The Balaban J connectivity index is 1.08. The van der Waals surface area contributed by atoms with E-state index < -0.39 is 347 Å². The highest BCUT2D eigenvalue weighted by molar-refractivity contribution is 5.74. The van der Waals surface area contributed by atoms with Gasteiger partial charge in [-0.3, -0.25) is 14.4 Å². The zero-order valence-electron chi connectivity index (χ0n) is 58.2. The summed E-state index contributed by atoms with van der Waals surface area (Å²) in [5.74, 6) is -2.85. The van der Waals surface area contributed by atoms with Crippen LogP contribution < -0.4 is 16.0 Å². The van der Waals surface area contributed by atoms with Gasteiger partial charge < -0.3 is 225 Å². The molecule has 0 aromatic carbocycles. The quantitative estimate of drug-likeness (QED) is 0.0306. The number of amides is 3. The van der Waals surface area contributed by atoms with Gasteiger partial charge in [0.2, 0.25) is 17.7 Å². The molecule has 8 rings (SSSR count). The Morgan fingerprint density at radius 1 is 0.315 bits per heavy atom. The van der Waals surface area contributed by atoms with E-state index in [-0.39, 0.29) is 0 Å². The molecule has 8 heterocycles. The fourth-order valence-corrected chi connectivity index (χ4v) is 13.6. The molecule has 108 heavy (non-hydrogen) atoms. The van der Waals surface area contributed by atoms with Crippen LogP contribution in [0, 0.1) is 0 Å². The number of aliphatic hydroxyl groups excluding tert-OH is 26. The molecule has 3 amide bonds. The first-order valence-electron chi connectivity index (χ1n) is 34.4. The van der Waals surface area contributed by atoms with Crippen molar-refractivity contribution in [2.45, 2.75) is 298 Å². The molecule has 48 nitrogen and oxygen atoms in total. The molecule has 8 aliphatic rings. The van der Waals surface area contributed by atoms with Gasteiger partial charge in [-0.25, -0.2) is 0 Å². The molecule has 8 fully saturated rings. The molecule has 0 bridgehead atoms. The van der Waals surface area contributed by atoms with Crippen molar-refractivity contribution in [2.75, 3.05) is 59.5 Å². The molecule has 8 saturated heterocycles. The average molecular weight is 1590 g/mol. The van der Waals surface area contributed by atoms with Crippen molar-refractivity contribution in [1.82, 2.24) is 16.0 Å². The molecule has 0 aromatic heterocycles. The maximum atomic E-state index is 13.3. The van der Waals surface area contributed by atoms with Crippen molar-refractivity contribution in [3.8, 4) is 0 Å². The van der Waals surface area contributed by atoms with Gasteiger partial charge in [-0.1, -0.05) is 0 Å². The van der Waals surface area contributed by atoms with Crippen LogP contribution >= 0.6 is 0 Å². The molecule has 0 saturated carbocycles. The molecule has 628 valence electrons. The van der Waals surface area contributed by atoms with Crippen molar-refractivity contribution in [3.63, 3.8) is 0 Å². The number of nitrogens with one attached hydrogen (secondary N) is 3. The average Bonchev–Trinajstić information content (AvgIpc) is 0.765. The van der Waals surface area contributed by atoms with Crippen LogP contribution in [0.5, 0.6) is 0 Å². The fraction of sp³-hybridized carbons (Fsp3) is 0.950. The van der Waals surface area contributed by atoms with Gasteiger partial charge in [-0.05, 0) is 6.92 Å². The Bertz CT molecular complexity index is 2770. The minimum atomic E-state index is -2.51. The molecule has 0 spiro atoms. The number of carbonyl (C=O) groups excluding carboxylic acids is 3. The second-order valence-corrected chi connectivity index (χ2v) is 27.2. The van der Waals surface area contributed by atoms with Gasteiger partial charge in [0.25, 0.3) is 0 Å². The minimum absolute atomic E-state index is 0.886. The first kappa shape index (κ1) is 90.3. The van der Waals surface area contributed by atoms with Crippen LogP contribution in [0.2, 0.25) is 0 Å². The summed E-state index contributed by atoms with van der Waals surface area (Å²) in [7, 11) is 0. The summed E-state index contributed by atoms with van der Waals surface area (Å²) in [6.07, 6.45) is -84.2. The minimum Gasteiger partial charge on any atom is -0.394 e. The first-order valence-corrected chi connectivity index (χ1v) is 34.4. The molecule has 48 heteroatoms. The topological polar surface area (TPSA) is 761 Å². The van der Waals surface area contributed by atoms with Crippen molar-refractivity contribution < 1.29 is 223 Å². The Kier molecular flexibility index (Phi) is 33.3. The molecule has 0 aromatic rings. The van der Waals surface area contributed by atoms with E-state index in [1.165, 1.54) is 6.92 Å². The number of hydrogen-bond donors (Lipinski definition) is 29. The van der Waals surface area contributed by atoms with Gasteiger partial charge in [0.15, 0.2) is 50.3 Å². The van der Waals surface area contributed by atoms with Crippen LogP contribution in [0.3, 0.4) is 0 Å². The molecule has 44 atom stereocenters. The second kappa shape index (κ2) is 39.9. The molecular weight excluding hydrogens is 1480 g/mol. The summed E-state index contributed by atoms with van der Waals surface area (Å²) in [5.41, 5.74) is 0. The highest BCUT2D eigenvalue weighted by Gasteiger charge is 2.61. The Morgan fingerprint density at radius 2 is 0.639 bits per heavy atom. The van der Waals surface area contributed by atoms with Crippen LogP contribution in [0.4, 0.5) is 0 Å². The van der Waals surface area contributed by atoms with Crippen molar-refractivity contribution in [2.24, 2.45) is 0 Å². The highest BCUT2D eigenvalue weighted by atomic mass is 16.8. The zero-order chi connectivity index (χ0) is 79.9. The lowest BCUT2D eigenvalue weighted by atomic mass is 9.93. The van der Waals surface area contributed by atoms with Crippen LogP contribution in [-0.4, -0.2) is 480 Å². The normalized spacial score (nSPS) is 47.3. The maximum absolute atomic E-state index is 13.3. The molecule has 0 radical (unpaired) electrons. The van der Waals surface area contributed by atoms with Crippen LogP contribution in [0.1, 0.15) is 27.7 Å². The molecular formula is C60H103N3O45. The van der Waals surface area contributed by atoms with E-state index >= 15 is 0 Å². The van der Waals surface area contributed by atoms with E-state index in [9.17, 15) is 147 Å². The van der Waals surface area contributed by atoms with Gasteiger partial charge in [-0.2, -0.15) is 0 Å². The number of ether oxygens (including phenoxy) is 16. The predicted molar refractivity (Wildman–Crippen MR) is 333 cm³/mol. The second-order valence-electron chi connectivity index (χ2n) is 27.2. The molecule has 0 aliphatic carbocycles. The molecule has 0 unspecified atom stereocenters. The van der Waals surface area contributed by atoms with Crippen molar-refractivity contribution in [1.29, 1.82) is 0 Å². The Morgan fingerprint density at radius 3 is 1.08 bits per heavy atom. The number of hydrogen-bond acceptors (Lipinski definition) is 45. The van der Waals surface area contributed by atoms with Gasteiger partial charge >= 0.3 is 0 Å². The molecule has 29 N–H and O–H groups in total. The SMILES string of the molecule is CC(=O)N[C@H]1[C@H](O[C@H]2[C@@H](O)[C@@H](CO)O[C@@H](O[C@H]3[C@H](O)[C@@H](NC(C)=O)[C@H](OC[C@H]4O[C@@H](O[C@@H]([C@H](O)[C@@H](O)CO)[C@H](O)CO)[C@H](O)[C@@H](O[C@@H]5O[C@H](CO)[C@@H](O[C@@H]6O[C@@H](C)[C@@H](O)[C@@H](O)[C@@H]6O)[C@H](O[C@@H]6O[C@H](CO)[C@H](O)[C@H](O)[C@H]6O)[C@H]5NC(C)=O)[C@H]4O)O[C@@H]3CO)[C@@H]2O)O[C@H](CO)[C@@H](O[C@@H]2O[C@H](CO)[C@H](O)[C@H](O)[C@H]2O)[C@@H]1O. The van der Waals surface area contributed by atoms with Gasteiger partial charge in [0.05, 0.1) is 65.6 Å². The smallest absolute Gasteiger partial charge is 0.217 e. The number of carbonyl (C=O) groups is 3. The third-order valence-electron chi connectivity index (χ3n) is 19.6. The number of rotatable bonds is 31. The van der Waals surface area contributed by atoms with E-state index in [0.717, 1.165) is 20.8 Å². The standard InChI is InChI=1S/C60H103N3O45/c1-14-30(77)38(85)41(88)56(94-14)105-49-25(12-71)100-55(29(63-17(4)74)50(49)106-58-43(90)40(87)33(80)21(8-67)96-58)108-52-35(82)26(101-60(45(52)92)102-46(19(76)6-65)31(78)18(75)5-64)13-93-53-27(61-15(2)72)36(83)47(23(10-69)98-53)104-59-44(91)51(34(81)22(9-68)97-59)107-54-28(62-16(3)73)37(84)48(24(11-70)99-54)103-57-42(89)39(86)32(79)20(7-66)95-57/h14,18-60,64-71,75-92H,5-13H2,1-4H3,(H,61,72)(H,62,73)(H,63,74)/t14-,18-,19+,20+,21+,22+,23+,24+,25+,26+,27+,28+,29+,30+,31+,32-,33-,34-,35-,36+,37+,38+,39-,40-,41-,42+,43+,44+,45+,46+,47+,48+,49+,50+,51-,52-,53+,54-,55-,56-,57-,58-,59-,60-/m0/s1. The third-order valence-corrected chi connectivity index (χ3v) is 19.6. The van der Waals surface area contributed by atoms with Gasteiger partial charge in [0, 0.05) is 20.8 Å². The summed E-state index contributed by atoms with van der Waals surface area (Å²) >= 11 is 0. The zero-order valence-corrected chi connectivity index (χ0v) is 58.2. The third kappa shape index (κ3) is 20.1. The summed E-state index contributed by atoms with van der Waals surface area (Å²) in [6.45, 7) is -6.03. The van der Waals surface area contributed by atoms with E-state index in [1.54, 1.807) is 0 Å². The van der Waals surface area contributed by atoms with Crippen LogP contribution in [0.15, 0.2) is 0 Å². The van der Waals surface area contributed by atoms with E-state index in [4.69, 9.17) is 75.8 Å². The lowest BCUT2D eigenvalue weighted by Gasteiger charge is -2.51. The van der Waals surface area contributed by atoms with E-state index in [0.29, 0.717) is 0 Å². The largest absolute Gasteiger partial charge is 0.394 e. The summed E-state index contributed by atoms with van der Waals surface area (Å²) in [6, 6.07) is -5.77. The highest BCUT2D eigenvalue weighted by Crippen LogP contribution is 2.40. The maximum Gasteiger partial charge on any atom is 0.217 e.